The van der Waals surface area contributed by atoms with E-state index in [2.05, 4.69) is 18.5 Å². The minimum atomic E-state index is -1.09. The molecule has 1 N–H and O–H groups in total. The second-order valence-electron chi connectivity index (χ2n) is 10.1. The highest BCUT2D eigenvalue weighted by Gasteiger charge is 2.48. The van der Waals surface area contributed by atoms with Gasteiger partial charge in [-0.1, -0.05) is 49.8 Å². The minimum absolute atomic E-state index is 0.00514. The second kappa shape index (κ2) is 15.4. The van der Waals surface area contributed by atoms with Crippen LogP contribution in [0.3, 0.4) is 0 Å². The molecule has 0 bridgehead atoms. The predicted octanol–water partition coefficient (Wildman–Crippen LogP) is 6.79. The van der Waals surface area contributed by atoms with E-state index in [1.54, 1.807) is 49.4 Å². The Labute approximate surface area is 266 Å². The number of amides is 1. The highest BCUT2D eigenvalue weighted by Crippen LogP contribution is 2.45. The van der Waals surface area contributed by atoms with E-state index in [0.29, 0.717) is 53.9 Å². The summed E-state index contributed by atoms with van der Waals surface area (Å²) in [4.78, 5) is 46.0. The van der Waals surface area contributed by atoms with Crippen molar-refractivity contribution in [1.29, 1.82) is 0 Å². The van der Waals surface area contributed by atoms with Crippen LogP contribution in [0, 0.1) is 6.92 Å². The number of hydrogen-bond acceptors (Lipinski definition) is 10. The van der Waals surface area contributed by atoms with E-state index < -0.39 is 23.7 Å². The molecule has 1 amide bonds. The summed E-state index contributed by atoms with van der Waals surface area (Å²) < 4.78 is 22.6. The number of aryl methyl sites for hydroxylation is 1. The van der Waals surface area contributed by atoms with Crippen molar-refractivity contribution in [3.8, 4) is 17.2 Å². The zero-order valence-corrected chi connectivity index (χ0v) is 26.8. The lowest BCUT2D eigenvalue weighted by atomic mass is 9.95. The monoisotopic (exact) mass is 634 g/mol. The van der Waals surface area contributed by atoms with Crippen molar-refractivity contribution in [1.82, 2.24) is 4.98 Å². The van der Waals surface area contributed by atoms with E-state index in [1.807, 2.05) is 13.8 Å². The molecule has 2 heterocycles. The largest absolute Gasteiger partial charge is 0.507 e. The average Bonchev–Trinajstić information content (AvgIpc) is 3.55. The fourth-order valence-electron chi connectivity index (χ4n) is 4.87. The van der Waals surface area contributed by atoms with Crippen LogP contribution >= 0.6 is 11.3 Å². The van der Waals surface area contributed by atoms with E-state index in [4.69, 9.17) is 18.9 Å². The summed E-state index contributed by atoms with van der Waals surface area (Å²) in [6, 6.07) is 10.6. The number of aromatic nitrogens is 1. The van der Waals surface area contributed by atoms with Gasteiger partial charge in [0.25, 0.3) is 5.78 Å². The molecule has 1 fully saturated rings. The molecule has 0 radical (unpaired) electrons. The summed E-state index contributed by atoms with van der Waals surface area (Å²) in [7, 11) is 0. The molecule has 0 spiro atoms. The zero-order valence-electron chi connectivity index (χ0n) is 26.0. The molecule has 1 saturated heterocycles. The van der Waals surface area contributed by atoms with Crippen molar-refractivity contribution < 1.29 is 38.4 Å². The number of aliphatic hydroxyl groups excluding tert-OH is 1. The number of Topliss-reactive ketones (excluding diaryl/α,β-unsaturated/α-hetero) is 1. The molecular formula is C34H38N2O8S. The molecule has 1 aliphatic rings. The molecule has 45 heavy (non-hydrogen) atoms. The number of hydrogen-bond donors (Lipinski definition) is 1. The summed E-state index contributed by atoms with van der Waals surface area (Å²) in [6.07, 6.45) is 4.41. The fraction of sp³-hybridized carbons (Fsp3) is 0.353. The van der Waals surface area contributed by atoms with E-state index in [0.717, 1.165) is 30.6 Å². The predicted molar refractivity (Wildman–Crippen MR) is 172 cm³/mol. The van der Waals surface area contributed by atoms with Gasteiger partial charge in [0.15, 0.2) is 16.6 Å². The van der Waals surface area contributed by atoms with Gasteiger partial charge in [-0.3, -0.25) is 14.5 Å². The third-order valence-corrected chi connectivity index (χ3v) is 8.12. The van der Waals surface area contributed by atoms with Gasteiger partial charge in [0.05, 0.1) is 37.1 Å². The molecule has 0 saturated carbocycles. The summed E-state index contributed by atoms with van der Waals surface area (Å²) in [5.41, 5.74) is 1.01. The van der Waals surface area contributed by atoms with Crippen molar-refractivity contribution in [2.24, 2.45) is 0 Å². The van der Waals surface area contributed by atoms with Gasteiger partial charge in [-0.15, -0.1) is 0 Å². The number of thiazole rings is 1. The molecule has 1 atom stereocenters. The minimum Gasteiger partial charge on any atom is -0.507 e. The molecule has 3 aromatic rings. The number of esters is 1. The van der Waals surface area contributed by atoms with Crippen molar-refractivity contribution in [3.05, 3.63) is 82.4 Å². The lowest BCUT2D eigenvalue weighted by molar-refractivity contribution is -0.132. The van der Waals surface area contributed by atoms with Gasteiger partial charge in [0.1, 0.15) is 23.0 Å². The van der Waals surface area contributed by atoms with Crippen molar-refractivity contribution in [3.63, 3.8) is 0 Å². The third-order valence-electron chi connectivity index (χ3n) is 6.98. The molecule has 238 valence electrons. The van der Waals surface area contributed by atoms with Crippen molar-refractivity contribution >= 4 is 39.9 Å². The number of benzene rings is 2. The molecule has 10 nitrogen and oxygen atoms in total. The molecule has 4 rings (SSSR count). The molecule has 1 aromatic heterocycles. The summed E-state index contributed by atoms with van der Waals surface area (Å²) in [5, 5.41) is 11.7. The van der Waals surface area contributed by atoms with Crippen molar-refractivity contribution in [2.75, 3.05) is 31.3 Å². The number of rotatable bonds is 15. The van der Waals surface area contributed by atoms with Crippen LogP contribution in [0.4, 0.5) is 5.13 Å². The highest BCUT2D eigenvalue weighted by atomic mass is 32.1. The number of ether oxygens (including phenoxy) is 4. The Bertz CT molecular complexity index is 1580. The Morgan fingerprint density at radius 3 is 2.42 bits per heavy atom. The van der Waals surface area contributed by atoms with Crippen LogP contribution < -0.4 is 19.1 Å². The Morgan fingerprint density at radius 1 is 1.02 bits per heavy atom. The van der Waals surface area contributed by atoms with Gasteiger partial charge >= 0.3 is 11.9 Å². The van der Waals surface area contributed by atoms with E-state index >= 15 is 0 Å². The zero-order chi connectivity index (χ0) is 32.5. The maximum atomic E-state index is 13.7. The second-order valence-corrected chi connectivity index (χ2v) is 11.1. The van der Waals surface area contributed by atoms with E-state index in [9.17, 15) is 19.5 Å². The Hall–Kier alpha value is -4.64. The maximum Gasteiger partial charge on any atom is 0.350 e. The number of aliphatic hydroxyl groups is 1. The first kappa shape index (κ1) is 33.3. The lowest BCUT2D eigenvalue weighted by Crippen LogP contribution is -2.29. The first-order valence-corrected chi connectivity index (χ1v) is 15.8. The first-order valence-electron chi connectivity index (χ1n) is 14.9. The van der Waals surface area contributed by atoms with Gasteiger partial charge in [-0.05, 0) is 69.2 Å². The first-order chi connectivity index (χ1) is 21.7. The molecule has 0 aliphatic carbocycles. The number of unbranched alkanes of at least 4 members (excludes halogenated alkanes) is 2. The molecule has 2 aromatic carbocycles. The Morgan fingerprint density at radius 2 is 1.76 bits per heavy atom. The molecule has 1 unspecified atom stereocenters. The molecule has 11 heteroatoms. The third kappa shape index (κ3) is 7.37. The van der Waals surface area contributed by atoms with Crippen LogP contribution in [0.1, 0.15) is 72.6 Å². The number of carbonyl (C=O) groups is 3. The summed E-state index contributed by atoms with van der Waals surface area (Å²) in [6.45, 7) is 12.3. The van der Waals surface area contributed by atoms with Crippen LogP contribution in [-0.2, 0) is 14.3 Å². The molecular weight excluding hydrogens is 596 g/mol. The van der Waals surface area contributed by atoms with Gasteiger partial charge in [-0.25, -0.2) is 9.78 Å². The van der Waals surface area contributed by atoms with Gasteiger partial charge in [0, 0.05) is 5.56 Å². The topological polar surface area (TPSA) is 124 Å². The molecule has 1 aliphatic heterocycles. The van der Waals surface area contributed by atoms with Crippen LogP contribution in [0.15, 0.2) is 60.7 Å². The SMILES string of the molecule is C=CCOC(=O)c1sc(N2C(=O)C(=O)C(=C(O)c3ccc(OCC)cc3)C2c2ccc(OCCCCC)c(OCC)c2)nc1C. The number of nitrogens with zero attached hydrogens (tertiary/aromatic N) is 2. The number of anilines is 1. The fourth-order valence-corrected chi connectivity index (χ4v) is 5.86. The Balaban J connectivity index is 1.86. The normalized spacial score (nSPS) is 15.6. The highest BCUT2D eigenvalue weighted by molar-refractivity contribution is 7.17. The van der Waals surface area contributed by atoms with E-state index in [1.165, 1.54) is 11.0 Å². The van der Waals surface area contributed by atoms with Gasteiger partial charge in [-0.2, -0.15) is 0 Å². The van der Waals surface area contributed by atoms with Crippen LogP contribution in [-0.4, -0.2) is 54.2 Å². The lowest BCUT2D eigenvalue weighted by Gasteiger charge is -2.24. The quantitative estimate of drug-likeness (QED) is 0.0481. The van der Waals surface area contributed by atoms with Crippen LogP contribution in [0.2, 0.25) is 0 Å². The van der Waals surface area contributed by atoms with Crippen LogP contribution in [0.5, 0.6) is 17.2 Å². The maximum absolute atomic E-state index is 13.7. The summed E-state index contributed by atoms with van der Waals surface area (Å²) in [5.74, 6) is -1.23. The summed E-state index contributed by atoms with van der Waals surface area (Å²) >= 11 is 0.926. The van der Waals surface area contributed by atoms with Crippen molar-refractivity contribution in [2.45, 2.75) is 53.0 Å². The van der Waals surface area contributed by atoms with Gasteiger partial charge < -0.3 is 24.1 Å². The Kier molecular flexibility index (Phi) is 11.4. The smallest absolute Gasteiger partial charge is 0.350 e. The van der Waals surface area contributed by atoms with Gasteiger partial charge in [0.2, 0.25) is 0 Å². The number of ketones is 1. The average molecular weight is 635 g/mol. The standard InChI is InChI=1S/C34H38N2O8S/c1-6-10-11-19-43-25-17-14-23(20-26(25)42-9-4)28-27(29(37)22-12-15-24(16-13-22)41-8-3)30(38)32(39)36(28)34-35-21(5)31(45-34)33(40)44-18-7-2/h7,12-17,20,28,37H,2,6,8-11,18-19H2,1,3-5H3. The van der Waals surface area contributed by atoms with E-state index in [-0.39, 0.29) is 27.9 Å². The van der Waals surface area contributed by atoms with Crippen LogP contribution in [0.25, 0.3) is 5.76 Å². The number of carbonyl (C=O) groups excluding carboxylic acids is 3.